The number of anilines is 2. The van der Waals surface area contributed by atoms with Crippen LogP contribution in [0.25, 0.3) is 44.5 Å². The fourth-order valence-electron chi connectivity index (χ4n) is 10.9. The number of benzene rings is 8. The molecule has 0 amide bonds. The summed E-state index contributed by atoms with van der Waals surface area (Å²) in [7, 11) is 0. The number of hydrogen-bond acceptors (Lipinski definition) is 2. The van der Waals surface area contributed by atoms with Crippen LogP contribution in [0, 0.1) is 47.5 Å². The summed E-state index contributed by atoms with van der Waals surface area (Å²) in [5, 5.41) is 0. The fraction of sp³-hybridized carbons (Fsp3) is 0.150. The highest BCUT2D eigenvalue weighted by Crippen LogP contribution is 2.48. The van der Waals surface area contributed by atoms with Gasteiger partial charge in [-0.05, 0) is 128 Å². The molecule has 306 valence electrons. The fourth-order valence-corrected chi connectivity index (χ4v) is 10.9. The number of allylic oxidation sites excluding steroid dienone is 1. The lowest BCUT2D eigenvalue weighted by Crippen LogP contribution is -2.55. The molecular weight excluding hydrogens is 759 g/mol. The first-order valence-corrected chi connectivity index (χ1v) is 22.4. The van der Waals surface area contributed by atoms with Gasteiger partial charge in [-0.3, -0.25) is 4.90 Å². The third-order valence-electron chi connectivity index (χ3n) is 13.5. The van der Waals surface area contributed by atoms with Gasteiger partial charge in [-0.25, -0.2) is 4.99 Å². The molecule has 0 bridgehead atoms. The summed E-state index contributed by atoms with van der Waals surface area (Å²) in [4.78, 5) is 7.32. The SMILES string of the molecule is Cc1cc(C)c(B(c2ccc(-c3cc(-c4ccccc4)c(-c4ccc(N5C6=NC=CC(C)C6c6ccccc65)cc4)cc3-c3ccccc3)cc2)c2c(C)cc(C)cc2C)c(C)c1. The lowest BCUT2D eigenvalue weighted by Gasteiger charge is -2.26. The van der Waals surface area contributed by atoms with Crippen LogP contribution in [-0.4, -0.2) is 12.5 Å². The molecule has 0 saturated carbocycles. The Morgan fingerprint density at radius 1 is 0.460 bits per heavy atom. The smallest absolute Gasteiger partial charge is 0.242 e. The minimum atomic E-state index is 0.115. The van der Waals surface area contributed by atoms with Crippen molar-refractivity contribution in [3.63, 3.8) is 0 Å². The molecule has 0 aromatic heterocycles. The molecule has 8 aromatic carbocycles. The molecule has 0 N–H and O–H groups in total. The zero-order chi connectivity index (χ0) is 43.4. The molecule has 3 heteroatoms. The summed E-state index contributed by atoms with van der Waals surface area (Å²) >= 11 is 0. The predicted octanol–water partition coefficient (Wildman–Crippen LogP) is 13.5. The molecule has 0 radical (unpaired) electrons. The number of aryl methyl sites for hydroxylation is 6. The molecule has 2 aliphatic rings. The van der Waals surface area contributed by atoms with E-state index in [9.17, 15) is 0 Å². The Balaban J connectivity index is 1.11. The molecule has 2 nitrogen and oxygen atoms in total. The number of amidine groups is 1. The van der Waals surface area contributed by atoms with Crippen molar-refractivity contribution >= 4 is 40.3 Å². The van der Waals surface area contributed by atoms with Crippen molar-refractivity contribution in [3.05, 3.63) is 221 Å². The Labute approximate surface area is 374 Å². The van der Waals surface area contributed by atoms with Crippen LogP contribution in [0.3, 0.4) is 0 Å². The average Bonchev–Trinajstić information content (AvgIpc) is 3.64. The van der Waals surface area contributed by atoms with Gasteiger partial charge in [-0.2, -0.15) is 0 Å². The van der Waals surface area contributed by atoms with Gasteiger partial charge in [0.25, 0.3) is 0 Å². The van der Waals surface area contributed by atoms with E-state index in [0.29, 0.717) is 5.92 Å². The van der Waals surface area contributed by atoms with Crippen molar-refractivity contribution in [3.8, 4) is 44.5 Å². The van der Waals surface area contributed by atoms with E-state index in [2.05, 4.69) is 229 Å². The van der Waals surface area contributed by atoms with Crippen LogP contribution in [0.2, 0.25) is 0 Å². The van der Waals surface area contributed by atoms with Crippen molar-refractivity contribution in [1.82, 2.24) is 0 Å². The van der Waals surface area contributed by atoms with Crippen LogP contribution < -0.4 is 21.3 Å². The van der Waals surface area contributed by atoms with Gasteiger partial charge >= 0.3 is 0 Å². The largest absolute Gasteiger partial charge is 0.298 e. The highest BCUT2D eigenvalue weighted by atomic mass is 15.2. The average molecular weight is 813 g/mol. The first-order chi connectivity index (χ1) is 30.6. The zero-order valence-corrected chi connectivity index (χ0v) is 37.4. The van der Waals surface area contributed by atoms with E-state index in [1.165, 1.54) is 106 Å². The van der Waals surface area contributed by atoms with Crippen LogP contribution >= 0.6 is 0 Å². The maximum absolute atomic E-state index is 4.96. The summed E-state index contributed by atoms with van der Waals surface area (Å²) in [5.41, 5.74) is 25.4. The van der Waals surface area contributed by atoms with Gasteiger partial charge in [0.2, 0.25) is 6.71 Å². The third kappa shape index (κ3) is 7.26. The molecule has 2 atom stereocenters. The van der Waals surface area contributed by atoms with Gasteiger partial charge in [0.05, 0.1) is 11.6 Å². The first-order valence-electron chi connectivity index (χ1n) is 22.4. The molecule has 0 aliphatic carbocycles. The second-order valence-corrected chi connectivity index (χ2v) is 18.0. The zero-order valence-electron chi connectivity index (χ0n) is 37.4. The minimum absolute atomic E-state index is 0.115. The Morgan fingerprint density at radius 3 is 1.38 bits per heavy atom. The quantitative estimate of drug-likeness (QED) is 0.140. The molecule has 2 unspecified atom stereocenters. The molecule has 8 aromatic rings. The van der Waals surface area contributed by atoms with Gasteiger partial charge in [0, 0.05) is 11.9 Å². The molecule has 0 spiro atoms. The standard InChI is InChI=1S/C60H53BN2/c1-38-32-41(4)58(42(5)33-38)61(59-43(6)34-39(2)35-44(59)7)49-26-22-47(23-27-49)54-36-53(46-18-12-9-13-19-46)55(37-52(54)45-16-10-8-11-17-45)48-24-28-50(29-25-48)63-56-21-15-14-20-51(56)57-40(3)30-31-62-60(57)63/h8-37,40,57H,1-7H3. The Morgan fingerprint density at radius 2 is 0.889 bits per heavy atom. The maximum atomic E-state index is 4.96. The van der Waals surface area contributed by atoms with Crippen molar-refractivity contribution < 1.29 is 0 Å². The normalized spacial score (nSPS) is 15.2. The van der Waals surface area contributed by atoms with Gasteiger partial charge in [-0.15, -0.1) is 0 Å². The van der Waals surface area contributed by atoms with Gasteiger partial charge < -0.3 is 0 Å². The Hall–Kier alpha value is -6.97. The van der Waals surface area contributed by atoms with E-state index in [1.54, 1.807) is 0 Å². The molecule has 2 heterocycles. The molecule has 0 fully saturated rings. The summed E-state index contributed by atoms with van der Waals surface area (Å²) in [6.07, 6.45) is 4.20. The monoisotopic (exact) mass is 812 g/mol. The minimum Gasteiger partial charge on any atom is -0.298 e. The second-order valence-electron chi connectivity index (χ2n) is 18.0. The highest BCUT2D eigenvalue weighted by molar-refractivity contribution is 6.96. The second kappa shape index (κ2) is 16.4. The van der Waals surface area contributed by atoms with Crippen LogP contribution in [0.1, 0.15) is 51.8 Å². The molecular formula is C60H53BN2. The Kier molecular flexibility index (Phi) is 10.4. The number of rotatable bonds is 8. The maximum Gasteiger partial charge on any atom is 0.242 e. The van der Waals surface area contributed by atoms with E-state index in [-0.39, 0.29) is 12.6 Å². The number of nitrogens with zero attached hydrogens (tertiary/aromatic N) is 2. The van der Waals surface area contributed by atoms with Crippen LogP contribution in [-0.2, 0) is 0 Å². The summed E-state index contributed by atoms with van der Waals surface area (Å²) < 4.78 is 0. The van der Waals surface area contributed by atoms with Crippen LogP contribution in [0.4, 0.5) is 11.4 Å². The van der Waals surface area contributed by atoms with E-state index >= 15 is 0 Å². The van der Waals surface area contributed by atoms with Crippen LogP contribution in [0.15, 0.2) is 187 Å². The highest BCUT2D eigenvalue weighted by Gasteiger charge is 2.39. The topological polar surface area (TPSA) is 15.6 Å². The Bertz CT molecular complexity index is 2970. The predicted molar refractivity (Wildman–Crippen MR) is 271 cm³/mol. The summed E-state index contributed by atoms with van der Waals surface area (Å²) in [6.45, 7) is 16.0. The molecule has 0 saturated heterocycles. The number of fused-ring (bicyclic) bond motifs is 3. The van der Waals surface area contributed by atoms with E-state index in [0.717, 1.165) is 11.5 Å². The van der Waals surface area contributed by atoms with Crippen LogP contribution in [0.5, 0.6) is 0 Å². The number of hydrogen-bond donors (Lipinski definition) is 0. The van der Waals surface area contributed by atoms with E-state index in [4.69, 9.17) is 4.99 Å². The van der Waals surface area contributed by atoms with E-state index in [1.807, 2.05) is 6.20 Å². The van der Waals surface area contributed by atoms with Gasteiger partial charge in [0.1, 0.15) is 5.84 Å². The number of para-hydroxylation sites is 1. The summed E-state index contributed by atoms with van der Waals surface area (Å²) in [6, 6.07) is 63.4. The van der Waals surface area contributed by atoms with Crippen molar-refractivity contribution in [2.24, 2.45) is 10.9 Å². The third-order valence-corrected chi connectivity index (χ3v) is 13.5. The first kappa shape index (κ1) is 40.1. The van der Waals surface area contributed by atoms with E-state index < -0.39 is 0 Å². The molecule has 10 rings (SSSR count). The lowest BCUT2D eigenvalue weighted by molar-refractivity contribution is 0.668. The summed E-state index contributed by atoms with van der Waals surface area (Å²) in [5.74, 6) is 1.74. The van der Waals surface area contributed by atoms with Crippen molar-refractivity contribution in [2.45, 2.75) is 54.4 Å². The number of aliphatic imine (C=N–C) groups is 1. The molecule has 2 aliphatic heterocycles. The van der Waals surface area contributed by atoms with Crippen molar-refractivity contribution in [2.75, 3.05) is 4.90 Å². The molecule has 63 heavy (non-hydrogen) atoms. The van der Waals surface area contributed by atoms with Gasteiger partial charge in [0.15, 0.2) is 0 Å². The lowest BCUT2D eigenvalue weighted by atomic mass is 9.34. The van der Waals surface area contributed by atoms with Crippen molar-refractivity contribution in [1.29, 1.82) is 0 Å². The van der Waals surface area contributed by atoms with Gasteiger partial charge in [-0.1, -0.05) is 202 Å².